The summed E-state index contributed by atoms with van der Waals surface area (Å²) in [5, 5.41) is 0. The summed E-state index contributed by atoms with van der Waals surface area (Å²) >= 11 is 0. The Labute approximate surface area is 121 Å². The lowest BCUT2D eigenvalue weighted by Gasteiger charge is -2.21. The first kappa shape index (κ1) is 14.6. The fourth-order valence-electron chi connectivity index (χ4n) is 2.43. The van der Waals surface area contributed by atoms with E-state index < -0.39 is 0 Å². The average molecular weight is 269 g/mol. The van der Waals surface area contributed by atoms with E-state index in [4.69, 9.17) is 10.5 Å². The van der Waals surface area contributed by atoms with Gasteiger partial charge in [0.2, 0.25) is 0 Å². The Bertz CT molecular complexity index is 604. The van der Waals surface area contributed by atoms with Crippen LogP contribution in [0.15, 0.2) is 36.4 Å². The number of hydrogen-bond donors (Lipinski definition) is 1. The second-order valence-electron chi connectivity index (χ2n) is 5.47. The van der Waals surface area contributed by atoms with Crippen LogP contribution in [0.5, 0.6) is 5.75 Å². The molecule has 0 aliphatic rings. The SMILES string of the molecule is Cc1ccc(OC(CN)c2cc(C)ccc2C)c(C)c1. The van der Waals surface area contributed by atoms with Crippen molar-refractivity contribution < 1.29 is 4.74 Å². The number of benzene rings is 2. The van der Waals surface area contributed by atoms with E-state index in [1.165, 1.54) is 22.3 Å². The molecular weight excluding hydrogens is 246 g/mol. The van der Waals surface area contributed by atoms with E-state index >= 15 is 0 Å². The molecule has 0 saturated heterocycles. The van der Waals surface area contributed by atoms with Gasteiger partial charge in [-0.1, -0.05) is 41.5 Å². The van der Waals surface area contributed by atoms with Crippen molar-refractivity contribution in [3.8, 4) is 5.75 Å². The molecule has 2 N–H and O–H groups in total. The molecule has 0 saturated carbocycles. The van der Waals surface area contributed by atoms with Crippen LogP contribution in [0.3, 0.4) is 0 Å². The van der Waals surface area contributed by atoms with E-state index in [9.17, 15) is 0 Å². The molecule has 2 aromatic rings. The summed E-state index contributed by atoms with van der Waals surface area (Å²) in [6.45, 7) is 8.81. The lowest BCUT2D eigenvalue weighted by molar-refractivity contribution is 0.212. The molecular formula is C18H23NO. The van der Waals surface area contributed by atoms with Gasteiger partial charge in [0.15, 0.2) is 0 Å². The van der Waals surface area contributed by atoms with E-state index in [1.807, 2.05) is 6.07 Å². The normalized spacial score (nSPS) is 12.2. The largest absolute Gasteiger partial charge is 0.484 e. The number of ether oxygens (including phenoxy) is 1. The Morgan fingerprint density at radius 3 is 2.20 bits per heavy atom. The van der Waals surface area contributed by atoms with Crippen molar-refractivity contribution in [1.82, 2.24) is 0 Å². The third-order valence-electron chi connectivity index (χ3n) is 3.60. The molecule has 1 atom stereocenters. The zero-order valence-electron chi connectivity index (χ0n) is 12.7. The first-order chi connectivity index (χ1) is 9.51. The summed E-state index contributed by atoms with van der Waals surface area (Å²) in [6, 6.07) is 12.6. The van der Waals surface area contributed by atoms with Gasteiger partial charge in [-0.15, -0.1) is 0 Å². The van der Waals surface area contributed by atoms with E-state index in [1.54, 1.807) is 0 Å². The fourth-order valence-corrected chi connectivity index (χ4v) is 2.43. The summed E-state index contributed by atoms with van der Waals surface area (Å²) in [5.74, 6) is 0.909. The number of nitrogens with two attached hydrogens (primary N) is 1. The molecule has 0 aliphatic heterocycles. The summed E-state index contributed by atoms with van der Waals surface area (Å²) in [5.41, 5.74) is 11.9. The van der Waals surface area contributed by atoms with Crippen molar-refractivity contribution in [2.24, 2.45) is 5.73 Å². The highest BCUT2D eigenvalue weighted by Gasteiger charge is 2.15. The molecule has 0 fully saturated rings. The Morgan fingerprint density at radius 2 is 1.55 bits per heavy atom. The highest BCUT2D eigenvalue weighted by molar-refractivity contribution is 5.38. The molecule has 2 aromatic carbocycles. The molecule has 2 heteroatoms. The summed E-state index contributed by atoms with van der Waals surface area (Å²) in [6.07, 6.45) is -0.101. The van der Waals surface area contributed by atoms with Crippen molar-refractivity contribution in [3.63, 3.8) is 0 Å². The third-order valence-corrected chi connectivity index (χ3v) is 3.60. The molecule has 0 amide bonds. The van der Waals surface area contributed by atoms with E-state index in [0.29, 0.717) is 6.54 Å². The minimum Gasteiger partial charge on any atom is -0.484 e. The van der Waals surface area contributed by atoms with Gasteiger partial charge in [-0.3, -0.25) is 0 Å². The molecule has 0 aliphatic carbocycles. The second-order valence-corrected chi connectivity index (χ2v) is 5.47. The second kappa shape index (κ2) is 6.10. The maximum Gasteiger partial charge on any atom is 0.136 e. The molecule has 106 valence electrons. The summed E-state index contributed by atoms with van der Waals surface area (Å²) in [4.78, 5) is 0. The fraction of sp³-hybridized carbons (Fsp3) is 0.333. The first-order valence-corrected chi connectivity index (χ1v) is 7.02. The predicted molar refractivity (Wildman–Crippen MR) is 84.3 cm³/mol. The molecule has 0 spiro atoms. The van der Waals surface area contributed by atoms with Crippen LogP contribution in [-0.2, 0) is 0 Å². The minimum atomic E-state index is -0.101. The molecule has 0 heterocycles. The Hall–Kier alpha value is -1.80. The van der Waals surface area contributed by atoms with Gasteiger partial charge in [0.05, 0.1) is 0 Å². The summed E-state index contributed by atoms with van der Waals surface area (Å²) in [7, 11) is 0. The lowest BCUT2D eigenvalue weighted by atomic mass is 10.0. The highest BCUT2D eigenvalue weighted by atomic mass is 16.5. The molecule has 0 bridgehead atoms. The average Bonchev–Trinajstić information content (AvgIpc) is 2.41. The molecule has 20 heavy (non-hydrogen) atoms. The quantitative estimate of drug-likeness (QED) is 0.910. The maximum atomic E-state index is 6.15. The monoisotopic (exact) mass is 269 g/mol. The first-order valence-electron chi connectivity index (χ1n) is 7.02. The smallest absolute Gasteiger partial charge is 0.136 e. The van der Waals surface area contributed by atoms with Crippen molar-refractivity contribution >= 4 is 0 Å². The zero-order chi connectivity index (χ0) is 14.7. The van der Waals surface area contributed by atoms with Crippen LogP contribution in [0.1, 0.15) is 33.9 Å². The van der Waals surface area contributed by atoms with Crippen molar-refractivity contribution in [3.05, 3.63) is 64.2 Å². The van der Waals surface area contributed by atoms with Gasteiger partial charge < -0.3 is 10.5 Å². The summed E-state index contributed by atoms with van der Waals surface area (Å²) < 4.78 is 6.15. The van der Waals surface area contributed by atoms with Crippen LogP contribution >= 0.6 is 0 Å². The Morgan fingerprint density at radius 1 is 0.900 bits per heavy atom. The number of aryl methyl sites for hydroxylation is 4. The van der Waals surface area contributed by atoms with Crippen molar-refractivity contribution in [1.29, 1.82) is 0 Å². The van der Waals surface area contributed by atoms with E-state index in [0.717, 1.165) is 11.3 Å². The highest BCUT2D eigenvalue weighted by Crippen LogP contribution is 2.27. The van der Waals surface area contributed by atoms with E-state index in [-0.39, 0.29) is 6.10 Å². The third kappa shape index (κ3) is 3.20. The van der Waals surface area contributed by atoms with Crippen LogP contribution in [0.2, 0.25) is 0 Å². The predicted octanol–water partition coefficient (Wildman–Crippen LogP) is 4.00. The topological polar surface area (TPSA) is 35.2 Å². The number of rotatable bonds is 4. The molecule has 0 aromatic heterocycles. The van der Waals surface area contributed by atoms with Crippen molar-refractivity contribution in [2.45, 2.75) is 33.8 Å². The Kier molecular flexibility index (Phi) is 4.46. The molecule has 2 rings (SSSR count). The Balaban J connectivity index is 2.31. The van der Waals surface area contributed by atoms with Crippen LogP contribution in [-0.4, -0.2) is 6.54 Å². The maximum absolute atomic E-state index is 6.15. The number of hydrogen-bond acceptors (Lipinski definition) is 2. The minimum absolute atomic E-state index is 0.101. The zero-order valence-corrected chi connectivity index (χ0v) is 12.7. The van der Waals surface area contributed by atoms with Crippen LogP contribution in [0, 0.1) is 27.7 Å². The van der Waals surface area contributed by atoms with Gasteiger partial charge in [-0.2, -0.15) is 0 Å². The molecule has 2 nitrogen and oxygen atoms in total. The van der Waals surface area contributed by atoms with E-state index in [2.05, 4.69) is 58.0 Å². The molecule has 0 radical (unpaired) electrons. The lowest BCUT2D eigenvalue weighted by Crippen LogP contribution is -2.20. The van der Waals surface area contributed by atoms with Gasteiger partial charge in [0.25, 0.3) is 0 Å². The van der Waals surface area contributed by atoms with Crippen LogP contribution in [0.25, 0.3) is 0 Å². The van der Waals surface area contributed by atoms with Gasteiger partial charge in [0.1, 0.15) is 11.9 Å². The van der Waals surface area contributed by atoms with Crippen molar-refractivity contribution in [2.75, 3.05) is 6.54 Å². The van der Waals surface area contributed by atoms with Gasteiger partial charge in [-0.05, 0) is 50.5 Å². The molecule has 1 unspecified atom stereocenters. The van der Waals surface area contributed by atoms with Gasteiger partial charge in [-0.25, -0.2) is 0 Å². The van der Waals surface area contributed by atoms with Crippen LogP contribution < -0.4 is 10.5 Å². The van der Waals surface area contributed by atoms with Gasteiger partial charge in [0, 0.05) is 6.54 Å². The standard InChI is InChI=1S/C18H23NO/c1-12-6-8-17(15(4)9-12)20-18(11-19)16-10-13(2)5-7-14(16)3/h5-10,18H,11,19H2,1-4H3. The van der Waals surface area contributed by atoms with Crippen LogP contribution in [0.4, 0.5) is 0 Å². The van der Waals surface area contributed by atoms with Gasteiger partial charge >= 0.3 is 0 Å².